The number of sulfonamides is 1. The van der Waals surface area contributed by atoms with Gasteiger partial charge in [0.2, 0.25) is 11.8 Å². The first-order chi connectivity index (χ1) is 18.6. The van der Waals surface area contributed by atoms with Crippen molar-refractivity contribution in [2.75, 3.05) is 10.8 Å². The summed E-state index contributed by atoms with van der Waals surface area (Å²) in [5.74, 6) is -1.05. The Morgan fingerprint density at radius 3 is 2.05 bits per heavy atom. The molecular weight excluding hydrogens is 593 g/mol. The normalized spacial score (nSPS) is 12.5. The Hall–Kier alpha value is -2.78. The number of halogens is 3. The number of nitrogens with one attached hydrogen (secondary N) is 1. The smallest absolute Gasteiger partial charge is 0.264 e. The number of anilines is 1. The molecule has 2 amide bonds. The highest BCUT2D eigenvalue weighted by atomic mass is 35.5. The van der Waals surface area contributed by atoms with E-state index in [1.807, 2.05) is 27.7 Å². The molecule has 1 atom stereocenters. The van der Waals surface area contributed by atoms with Gasteiger partial charge in [-0.25, -0.2) is 8.42 Å². The summed E-state index contributed by atoms with van der Waals surface area (Å²) in [6, 6.07) is 16.5. The quantitative estimate of drug-likeness (QED) is 0.295. The van der Waals surface area contributed by atoms with Crippen molar-refractivity contribution in [1.82, 2.24) is 10.2 Å². The van der Waals surface area contributed by atoms with Gasteiger partial charge in [0.15, 0.2) is 0 Å². The van der Waals surface area contributed by atoms with Crippen LogP contribution in [0.25, 0.3) is 0 Å². The standard InChI is InChI=1S/C29H32Cl3N3O4S/c1-19-12-14-23(15-13-19)40(38,39)35(22-9-6-8-21(30)16-22)18-27(36)34(20(2)28(37)33-29(3,4)5)17-24-25(31)10-7-11-26(24)32/h6-16,20H,17-18H2,1-5H3,(H,33,37)/t20-/m0/s1. The summed E-state index contributed by atoms with van der Waals surface area (Å²) in [6.45, 7) is 8.16. The minimum Gasteiger partial charge on any atom is -0.350 e. The summed E-state index contributed by atoms with van der Waals surface area (Å²) in [5.41, 5.74) is 0.948. The van der Waals surface area contributed by atoms with Crippen LogP contribution in [0.15, 0.2) is 71.6 Å². The van der Waals surface area contributed by atoms with Gasteiger partial charge in [-0.2, -0.15) is 0 Å². The zero-order valence-electron chi connectivity index (χ0n) is 22.9. The molecule has 0 radical (unpaired) electrons. The lowest BCUT2D eigenvalue weighted by molar-refractivity contribution is -0.140. The van der Waals surface area contributed by atoms with Crippen LogP contribution in [-0.4, -0.2) is 43.3 Å². The summed E-state index contributed by atoms with van der Waals surface area (Å²) >= 11 is 19.0. The van der Waals surface area contributed by atoms with Crippen LogP contribution < -0.4 is 9.62 Å². The molecule has 0 unspecified atom stereocenters. The number of carbonyl (C=O) groups is 2. The summed E-state index contributed by atoms with van der Waals surface area (Å²) in [7, 11) is -4.21. The van der Waals surface area contributed by atoms with Crippen LogP contribution in [0.1, 0.15) is 38.8 Å². The first-order valence-electron chi connectivity index (χ1n) is 12.5. The molecule has 3 rings (SSSR count). The van der Waals surface area contributed by atoms with Crippen molar-refractivity contribution >= 4 is 62.3 Å². The number of hydrogen-bond donors (Lipinski definition) is 1. The van der Waals surface area contributed by atoms with Gasteiger partial charge in [0.1, 0.15) is 12.6 Å². The van der Waals surface area contributed by atoms with Crippen molar-refractivity contribution in [3.8, 4) is 0 Å². The fraction of sp³-hybridized carbons (Fsp3) is 0.310. The fourth-order valence-electron chi connectivity index (χ4n) is 3.91. The van der Waals surface area contributed by atoms with Crippen LogP contribution in [0.3, 0.4) is 0 Å². The Balaban J connectivity index is 2.08. The molecule has 0 heterocycles. The number of aryl methyl sites for hydroxylation is 1. The number of nitrogens with zero attached hydrogens (tertiary/aromatic N) is 2. The maximum atomic E-state index is 14.0. The van der Waals surface area contributed by atoms with E-state index in [-0.39, 0.29) is 17.1 Å². The summed E-state index contributed by atoms with van der Waals surface area (Å²) in [4.78, 5) is 28.5. The Morgan fingerprint density at radius 2 is 1.50 bits per heavy atom. The average molecular weight is 625 g/mol. The lowest BCUT2D eigenvalue weighted by Crippen LogP contribution is -2.54. The van der Waals surface area contributed by atoms with Crippen LogP contribution >= 0.6 is 34.8 Å². The lowest BCUT2D eigenvalue weighted by Gasteiger charge is -2.34. The van der Waals surface area contributed by atoms with Gasteiger partial charge in [-0.3, -0.25) is 13.9 Å². The molecule has 1 N–H and O–H groups in total. The van der Waals surface area contributed by atoms with Crippen molar-refractivity contribution in [2.24, 2.45) is 0 Å². The second kappa shape index (κ2) is 12.8. The van der Waals surface area contributed by atoms with Gasteiger partial charge >= 0.3 is 0 Å². The minimum atomic E-state index is -4.21. The lowest BCUT2D eigenvalue weighted by atomic mass is 10.1. The zero-order valence-corrected chi connectivity index (χ0v) is 26.0. The largest absolute Gasteiger partial charge is 0.350 e. The molecule has 3 aromatic rings. The third-order valence-electron chi connectivity index (χ3n) is 6.04. The molecular formula is C29H32Cl3N3O4S. The van der Waals surface area contributed by atoms with E-state index in [0.29, 0.717) is 20.6 Å². The minimum absolute atomic E-state index is 0.00472. The SMILES string of the molecule is Cc1ccc(S(=O)(=O)N(CC(=O)N(Cc2c(Cl)cccc2Cl)[C@@H](C)C(=O)NC(C)(C)C)c2cccc(Cl)c2)cc1. The summed E-state index contributed by atoms with van der Waals surface area (Å²) < 4.78 is 28.7. The molecule has 3 aromatic carbocycles. The highest BCUT2D eigenvalue weighted by Gasteiger charge is 2.34. The van der Waals surface area contributed by atoms with E-state index in [2.05, 4.69) is 5.32 Å². The Morgan fingerprint density at radius 1 is 0.925 bits per heavy atom. The van der Waals surface area contributed by atoms with Crippen molar-refractivity contribution in [3.05, 3.63) is 92.9 Å². The second-order valence-corrected chi connectivity index (χ2v) is 13.6. The highest BCUT2D eigenvalue weighted by molar-refractivity contribution is 7.92. The molecule has 0 aromatic heterocycles. The molecule has 0 bridgehead atoms. The molecule has 0 saturated heterocycles. The van der Waals surface area contributed by atoms with Crippen molar-refractivity contribution in [2.45, 2.75) is 57.6 Å². The van der Waals surface area contributed by atoms with Gasteiger partial charge in [0.05, 0.1) is 10.6 Å². The predicted octanol–water partition coefficient (Wildman–Crippen LogP) is 6.48. The monoisotopic (exact) mass is 623 g/mol. The fourth-order valence-corrected chi connectivity index (χ4v) is 6.02. The van der Waals surface area contributed by atoms with E-state index in [1.165, 1.54) is 23.1 Å². The first kappa shape index (κ1) is 31.7. The number of hydrogen-bond acceptors (Lipinski definition) is 4. The molecule has 0 aliphatic heterocycles. The van der Waals surface area contributed by atoms with Crippen LogP contribution in [-0.2, 0) is 26.2 Å². The average Bonchev–Trinajstić information content (AvgIpc) is 2.85. The molecule has 0 spiro atoms. The Labute approximate surface area is 251 Å². The third-order valence-corrected chi connectivity index (χ3v) is 8.77. The Bertz CT molecular complexity index is 1470. The molecule has 7 nitrogen and oxygen atoms in total. The molecule has 0 aliphatic rings. The van der Waals surface area contributed by atoms with E-state index in [0.717, 1.165) is 9.87 Å². The second-order valence-electron chi connectivity index (χ2n) is 10.4. The molecule has 11 heteroatoms. The van der Waals surface area contributed by atoms with Gasteiger partial charge < -0.3 is 10.2 Å². The topological polar surface area (TPSA) is 86.8 Å². The van der Waals surface area contributed by atoms with Crippen LogP contribution in [0.4, 0.5) is 5.69 Å². The maximum Gasteiger partial charge on any atom is 0.264 e. The third kappa shape index (κ3) is 7.91. The summed E-state index contributed by atoms with van der Waals surface area (Å²) in [5, 5.41) is 3.80. The number of carbonyl (C=O) groups excluding carboxylic acids is 2. The zero-order chi connectivity index (χ0) is 29.8. The van der Waals surface area contributed by atoms with Crippen molar-refractivity contribution in [3.63, 3.8) is 0 Å². The van der Waals surface area contributed by atoms with Crippen molar-refractivity contribution in [1.29, 1.82) is 0 Å². The first-order valence-corrected chi connectivity index (χ1v) is 15.1. The van der Waals surface area contributed by atoms with Crippen LogP contribution in [0.5, 0.6) is 0 Å². The predicted molar refractivity (Wildman–Crippen MR) is 162 cm³/mol. The van der Waals surface area contributed by atoms with E-state index >= 15 is 0 Å². The molecule has 40 heavy (non-hydrogen) atoms. The molecule has 0 saturated carbocycles. The van der Waals surface area contributed by atoms with Crippen molar-refractivity contribution < 1.29 is 18.0 Å². The number of benzene rings is 3. The summed E-state index contributed by atoms with van der Waals surface area (Å²) in [6.07, 6.45) is 0. The van der Waals surface area contributed by atoms with E-state index < -0.39 is 40.0 Å². The Kier molecular flexibility index (Phi) is 10.2. The number of rotatable bonds is 9. The van der Waals surface area contributed by atoms with Gasteiger partial charge in [-0.15, -0.1) is 0 Å². The highest BCUT2D eigenvalue weighted by Crippen LogP contribution is 2.29. The molecule has 0 aliphatic carbocycles. The van der Waals surface area contributed by atoms with E-state index in [1.54, 1.807) is 55.5 Å². The van der Waals surface area contributed by atoms with Crippen LogP contribution in [0.2, 0.25) is 15.1 Å². The number of amides is 2. The van der Waals surface area contributed by atoms with Gasteiger partial charge in [-0.05, 0) is 77.1 Å². The van der Waals surface area contributed by atoms with E-state index in [4.69, 9.17) is 34.8 Å². The van der Waals surface area contributed by atoms with Gasteiger partial charge in [-0.1, -0.05) is 64.6 Å². The van der Waals surface area contributed by atoms with E-state index in [9.17, 15) is 18.0 Å². The maximum absolute atomic E-state index is 14.0. The molecule has 214 valence electrons. The van der Waals surface area contributed by atoms with Gasteiger partial charge in [0.25, 0.3) is 10.0 Å². The molecule has 0 fully saturated rings. The van der Waals surface area contributed by atoms with Gasteiger partial charge in [0, 0.05) is 32.7 Å². The van der Waals surface area contributed by atoms with Crippen LogP contribution in [0, 0.1) is 6.92 Å².